The lowest BCUT2D eigenvalue weighted by Gasteiger charge is -2.09. The van der Waals surface area contributed by atoms with Crippen molar-refractivity contribution in [2.45, 2.75) is 26.3 Å². The first-order valence-corrected chi connectivity index (χ1v) is 8.34. The van der Waals surface area contributed by atoms with Crippen molar-refractivity contribution < 1.29 is 13.9 Å². The molecule has 3 aromatic rings. The summed E-state index contributed by atoms with van der Waals surface area (Å²) in [5, 5.41) is 3.69. The predicted octanol–water partition coefficient (Wildman–Crippen LogP) is 2.75. The van der Waals surface area contributed by atoms with Gasteiger partial charge >= 0.3 is 5.63 Å². The van der Waals surface area contributed by atoms with E-state index in [2.05, 4.69) is 10.3 Å². The van der Waals surface area contributed by atoms with Crippen LogP contribution in [-0.2, 0) is 17.8 Å². The van der Waals surface area contributed by atoms with Crippen LogP contribution in [0.25, 0.3) is 11.0 Å². The average molecular weight is 352 g/mol. The summed E-state index contributed by atoms with van der Waals surface area (Å²) in [6, 6.07) is 9.06. The number of ether oxygens (including phenoxy) is 1. The number of aromatic nitrogens is 1. The highest BCUT2D eigenvalue weighted by molar-refractivity contribution is 5.82. The van der Waals surface area contributed by atoms with E-state index in [1.165, 1.54) is 0 Å². The molecule has 6 nitrogen and oxygen atoms in total. The van der Waals surface area contributed by atoms with Crippen LogP contribution in [0.15, 0.2) is 51.9 Å². The molecular weight excluding hydrogens is 332 g/mol. The van der Waals surface area contributed by atoms with Crippen LogP contribution in [0.5, 0.6) is 5.75 Å². The zero-order chi connectivity index (χ0) is 18.5. The maximum atomic E-state index is 12.3. The number of methoxy groups -OCH3 is 1. The van der Waals surface area contributed by atoms with Crippen LogP contribution in [0, 0.1) is 6.92 Å². The van der Waals surface area contributed by atoms with E-state index in [1.54, 1.807) is 25.6 Å². The molecule has 0 aliphatic rings. The average Bonchev–Trinajstić information content (AvgIpc) is 2.66. The van der Waals surface area contributed by atoms with E-state index in [-0.39, 0.29) is 12.3 Å². The fourth-order valence-corrected chi connectivity index (χ4v) is 2.82. The van der Waals surface area contributed by atoms with Gasteiger partial charge in [0.1, 0.15) is 11.3 Å². The zero-order valence-corrected chi connectivity index (χ0v) is 14.7. The van der Waals surface area contributed by atoms with Crippen LogP contribution in [0.1, 0.15) is 23.1 Å². The quantitative estimate of drug-likeness (QED) is 0.690. The summed E-state index contributed by atoms with van der Waals surface area (Å²) in [5.74, 6) is 0.513. The first-order valence-electron chi connectivity index (χ1n) is 8.34. The van der Waals surface area contributed by atoms with Gasteiger partial charge in [-0.15, -0.1) is 0 Å². The number of hydrogen-bond acceptors (Lipinski definition) is 5. The van der Waals surface area contributed by atoms with Crippen molar-refractivity contribution in [3.63, 3.8) is 0 Å². The van der Waals surface area contributed by atoms with Crippen molar-refractivity contribution in [1.29, 1.82) is 0 Å². The molecule has 0 fully saturated rings. The number of rotatable bonds is 6. The Morgan fingerprint density at radius 1 is 1.23 bits per heavy atom. The first-order chi connectivity index (χ1) is 12.6. The van der Waals surface area contributed by atoms with Gasteiger partial charge in [-0.3, -0.25) is 9.78 Å². The molecule has 2 aromatic heterocycles. The Balaban J connectivity index is 1.70. The summed E-state index contributed by atoms with van der Waals surface area (Å²) < 4.78 is 10.6. The molecule has 0 aliphatic carbocycles. The molecule has 3 rings (SSSR count). The van der Waals surface area contributed by atoms with Gasteiger partial charge in [-0.05, 0) is 48.7 Å². The number of pyridine rings is 1. The van der Waals surface area contributed by atoms with Crippen LogP contribution >= 0.6 is 0 Å². The molecule has 0 bridgehead atoms. The van der Waals surface area contributed by atoms with Crippen LogP contribution < -0.4 is 15.7 Å². The SMILES string of the molecule is COc1ccc2c(C)c(CCC(=O)NCc3ccncc3)c(=O)oc2c1. The van der Waals surface area contributed by atoms with E-state index in [1.807, 2.05) is 31.2 Å². The number of amides is 1. The Bertz CT molecular complexity index is 980. The van der Waals surface area contributed by atoms with Gasteiger partial charge in [0, 0.05) is 42.4 Å². The molecule has 0 atom stereocenters. The molecule has 0 unspecified atom stereocenters. The number of benzene rings is 1. The van der Waals surface area contributed by atoms with Crippen LogP contribution in [0.2, 0.25) is 0 Å². The predicted molar refractivity (Wildman–Crippen MR) is 98.2 cm³/mol. The van der Waals surface area contributed by atoms with E-state index >= 15 is 0 Å². The number of aryl methyl sites for hydroxylation is 1. The Hall–Kier alpha value is -3.15. The summed E-state index contributed by atoms with van der Waals surface area (Å²) in [7, 11) is 1.56. The maximum Gasteiger partial charge on any atom is 0.339 e. The van der Waals surface area contributed by atoms with Gasteiger partial charge in [0.15, 0.2) is 0 Å². The van der Waals surface area contributed by atoms with Crippen molar-refractivity contribution >= 4 is 16.9 Å². The van der Waals surface area contributed by atoms with Crippen molar-refractivity contribution in [1.82, 2.24) is 10.3 Å². The van der Waals surface area contributed by atoms with Crippen molar-refractivity contribution in [2.24, 2.45) is 0 Å². The molecule has 0 aliphatic heterocycles. The fraction of sp³-hybridized carbons (Fsp3) is 0.250. The lowest BCUT2D eigenvalue weighted by atomic mass is 10.0. The standard InChI is InChI=1S/C20H20N2O4/c1-13-16-4-3-15(25-2)11-18(16)26-20(24)17(13)5-6-19(23)22-12-14-7-9-21-10-8-14/h3-4,7-11H,5-6,12H2,1-2H3,(H,22,23). The maximum absolute atomic E-state index is 12.3. The highest BCUT2D eigenvalue weighted by Gasteiger charge is 2.13. The van der Waals surface area contributed by atoms with Crippen molar-refractivity contribution in [3.05, 3.63) is 69.8 Å². The molecule has 0 saturated carbocycles. The number of nitrogens with zero attached hydrogens (tertiary/aromatic N) is 1. The molecule has 1 N–H and O–H groups in total. The lowest BCUT2D eigenvalue weighted by Crippen LogP contribution is -2.24. The van der Waals surface area contributed by atoms with Gasteiger partial charge in [0.2, 0.25) is 5.91 Å². The molecule has 2 heterocycles. The molecule has 6 heteroatoms. The third-order valence-corrected chi connectivity index (χ3v) is 4.34. The summed E-state index contributed by atoms with van der Waals surface area (Å²) in [5.41, 5.74) is 2.41. The molecule has 1 amide bonds. The molecule has 0 saturated heterocycles. The summed E-state index contributed by atoms with van der Waals surface area (Å²) in [6.45, 7) is 2.31. The van der Waals surface area contributed by atoms with Gasteiger partial charge in [-0.1, -0.05) is 0 Å². The van der Waals surface area contributed by atoms with E-state index in [0.717, 1.165) is 16.5 Å². The zero-order valence-electron chi connectivity index (χ0n) is 14.7. The van der Waals surface area contributed by atoms with Gasteiger partial charge in [0.25, 0.3) is 0 Å². The highest BCUT2D eigenvalue weighted by atomic mass is 16.5. The van der Waals surface area contributed by atoms with Crippen molar-refractivity contribution in [3.8, 4) is 5.75 Å². The Kier molecular flexibility index (Phi) is 5.31. The lowest BCUT2D eigenvalue weighted by molar-refractivity contribution is -0.121. The third-order valence-electron chi connectivity index (χ3n) is 4.34. The number of hydrogen-bond donors (Lipinski definition) is 1. The molecule has 134 valence electrons. The van der Waals surface area contributed by atoms with Crippen LogP contribution in [-0.4, -0.2) is 18.0 Å². The summed E-state index contributed by atoms with van der Waals surface area (Å²) in [4.78, 5) is 28.3. The molecule has 26 heavy (non-hydrogen) atoms. The normalized spacial score (nSPS) is 10.7. The van der Waals surface area contributed by atoms with E-state index < -0.39 is 5.63 Å². The minimum atomic E-state index is -0.412. The van der Waals surface area contributed by atoms with E-state index in [4.69, 9.17) is 9.15 Å². The third kappa shape index (κ3) is 3.91. The molecule has 0 radical (unpaired) electrons. The minimum absolute atomic E-state index is 0.115. The molecular formula is C20H20N2O4. The second-order valence-electron chi connectivity index (χ2n) is 5.99. The topological polar surface area (TPSA) is 81.4 Å². The van der Waals surface area contributed by atoms with Gasteiger partial charge in [-0.2, -0.15) is 0 Å². The largest absolute Gasteiger partial charge is 0.497 e. The van der Waals surface area contributed by atoms with Crippen LogP contribution in [0.3, 0.4) is 0 Å². The Morgan fingerprint density at radius 3 is 2.73 bits per heavy atom. The highest BCUT2D eigenvalue weighted by Crippen LogP contribution is 2.24. The monoisotopic (exact) mass is 352 g/mol. The number of carbonyl (C=O) groups excluding carboxylic acids is 1. The smallest absolute Gasteiger partial charge is 0.339 e. The first kappa shape index (κ1) is 17.7. The molecule has 1 aromatic carbocycles. The van der Waals surface area contributed by atoms with Crippen LogP contribution in [0.4, 0.5) is 0 Å². The number of carbonyl (C=O) groups is 1. The second-order valence-corrected chi connectivity index (χ2v) is 5.99. The van der Waals surface area contributed by atoms with Gasteiger partial charge in [0.05, 0.1) is 7.11 Å². The number of nitrogens with one attached hydrogen (secondary N) is 1. The van der Waals surface area contributed by atoms with Gasteiger partial charge in [-0.25, -0.2) is 4.79 Å². The van der Waals surface area contributed by atoms with E-state index in [0.29, 0.717) is 29.9 Å². The molecule has 0 spiro atoms. The Labute approximate surface area is 150 Å². The second kappa shape index (κ2) is 7.82. The summed E-state index contributed by atoms with van der Waals surface area (Å²) >= 11 is 0. The van der Waals surface area contributed by atoms with Crippen molar-refractivity contribution in [2.75, 3.05) is 7.11 Å². The van der Waals surface area contributed by atoms with Gasteiger partial charge < -0.3 is 14.5 Å². The summed E-state index contributed by atoms with van der Waals surface area (Å²) in [6.07, 6.45) is 3.91. The fourth-order valence-electron chi connectivity index (χ4n) is 2.82. The van der Waals surface area contributed by atoms with E-state index in [9.17, 15) is 9.59 Å². The Morgan fingerprint density at radius 2 is 2.00 bits per heavy atom. The minimum Gasteiger partial charge on any atom is -0.497 e. The number of fused-ring (bicyclic) bond motifs is 1.